The van der Waals surface area contributed by atoms with Crippen LogP contribution in [0, 0.1) is 17.8 Å². The van der Waals surface area contributed by atoms with Gasteiger partial charge in [-0.15, -0.1) is 0 Å². The second-order valence-corrected chi connectivity index (χ2v) is 6.92. The van der Waals surface area contributed by atoms with E-state index in [1.54, 1.807) is 0 Å². The van der Waals surface area contributed by atoms with Crippen molar-refractivity contribution < 1.29 is 0 Å². The molecule has 2 aliphatic carbocycles. The summed E-state index contributed by atoms with van der Waals surface area (Å²) in [6.45, 7) is 7.65. The molecule has 0 saturated heterocycles. The highest BCUT2D eigenvalue weighted by Crippen LogP contribution is 2.49. The molecule has 3 rings (SSSR count). The summed E-state index contributed by atoms with van der Waals surface area (Å²) in [4.78, 5) is 0. The Hall–Kier alpha value is -0.830. The molecule has 2 saturated carbocycles. The monoisotopic (exact) mass is 275 g/mol. The molecule has 0 aliphatic heterocycles. The van der Waals surface area contributed by atoms with E-state index in [1.165, 1.54) is 42.6 Å². The van der Waals surface area contributed by atoms with E-state index in [9.17, 15) is 0 Å². The van der Waals surface area contributed by atoms with Gasteiger partial charge in [0.2, 0.25) is 0 Å². The van der Waals surface area contributed by atoms with Gasteiger partial charge in [-0.05, 0) is 56.8 Å². The summed E-state index contributed by atoms with van der Waals surface area (Å²) in [6, 6.07) is 0.105. The Morgan fingerprint density at radius 1 is 1.25 bits per heavy atom. The van der Waals surface area contributed by atoms with E-state index in [0.717, 1.165) is 37.1 Å². The summed E-state index contributed by atoms with van der Waals surface area (Å²) in [5.41, 5.74) is 10.1. The van der Waals surface area contributed by atoms with Crippen LogP contribution in [0.15, 0.2) is 0 Å². The summed E-state index contributed by atoms with van der Waals surface area (Å²) < 4.78 is 2.31. The number of hydrogen-bond acceptors (Lipinski definition) is 2. The van der Waals surface area contributed by atoms with E-state index >= 15 is 0 Å². The molecule has 2 aliphatic rings. The third-order valence-electron chi connectivity index (χ3n) is 5.59. The van der Waals surface area contributed by atoms with E-state index in [4.69, 9.17) is 10.8 Å². The van der Waals surface area contributed by atoms with Crippen LogP contribution in [-0.2, 0) is 19.4 Å². The molecular weight excluding hydrogens is 246 g/mol. The molecule has 4 atom stereocenters. The van der Waals surface area contributed by atoms with Crippen molar-refractivity contribution in [2.24, 2.45) is 23.5 Å². The van der Waals surface area contributed by atoms with E-state index < -0.39 is 0 Å². The summed E-state index contributed by atoms with van der Waals surface area (Å²) in [5, 5.41) is 4.90. The van der Waals surface area contributed by atoms with Gasteiger partial charge in [0.1, 0.15) is 0 Å². The molecule has 0 radical (unpaired) electrons. The fraction of sp³-hybridized carbons (Fsp3) is 0.824. The molecule has 0 amide bonds. The molecule has 1 aromatic rings. The molecule has 0 aromatic carbocycles. The molecule has 3 heteroatoms. The maximum atomic E-state index is 6.20. The van der Waals surface area contributed by atoms with E-state index in [1.807, 2.05) is 0 Å². The van der Waals surface area contributed by atoms with Crippen molar-refractivity contribution in [1.82, 2.24) is 9.78 Å². The fourth-order valence-electron chi connectivity index (χ4n) is 4.70. The van der Waals surface area contributed by atoms with E-state index in [-0.39, 0.29) is 6.04 Å². The molecule has 1 aromatic heterocycles. The van der Waals surface area contributed by atoms with Crippen LogP contribution in [0.5, 0.6) is 0 Å². The van der Waals surface area contributed by atoms with Crippen molar-refractivity contribution >= 4 is 0 Å². The SMILES string of the molecule is CCc1nn(CC2CC3CCC2C3)c(CC)c1C(C)N. The Kier molecular flexibility index (Phi) is 3.89. The third-order valence-corrected chi connectivity index (χ3v) is 5.59. The molecule has 20 heavy (non-hydrogen) atoms. The summed E-state index contributed by atoms with van der Waals surface area (Å²) >= 11 is 0. The predicted molar refractivity (Wildman–Crippen MR) is 82.5 cm³/mol. The summed E-state index contributed by atoms with van der Waals surface area (Å²) in [5.74, 6) is 2.85. The first kappa shape index (κ1) is 14.1. The summed E-state index contributed by atoms with van der Waals surface area (Å²) in [7, 11) is 0. The standard InChI is InChI=1S/C17H29N3/c1-4-15-17(11(3)18)16(5-2)20(19-15)10-14-9-12-6-7-13(14)8-12/h11-14H,4-10,18H2,1-3H3. The van der Waals surface area contributed by atoms with Gasteiger partial charge in [-0.2, -0.15) is 5.10 Å². The number of nitrogens with two attached hydrogens (primary N) is 1. The lowest BCUT2D eigenvalue weighted by Crippen LogP contribution is -2.20. The van der Waals surface area contributed by atoms with Crippen LogP contribution in [-0.4, -0.2) is 9.78 Å². The fourth-order valence-corrected chi connectivity index (χ4v) is 4.70. The van der Waals surface area contributed by atoms with Gasteiger partial charge < -0.3 is 5.73 Å². The topological polar surface area (TPSA) is 43.8 Å². The number of aromatic nitrogens is 2. The van der Waals surface area contributed by atoms with Gasteiger partial charge in [0.25, 0.3) is 0 Å². The lowest BCUT2D eigenvalue weighted by molar-refractivity contribution is 0.282. The van der Waals surface area contributed by atoms with E-state index in [2.05, 4.69) is 25.5 Å². The van der Waals surface area contributed by atoms with Crippen LogP contribution >= 0.6 is 0 Å². The Labute approximate surface area is 122 Å². The minimum Gasteiger partial charge on any atom is -0.324 e. The van der Waals surface area contributed by atoms with Crippen LogP contribution < -0.4 is 5.73 Å². The lowest BCUT2D eigenvalue weighted by Gasteiger charge is -2.22. The molecular formula is C17H29N3. The predicted octanol–water partition coefficient (Wildman–Crippen LogP) is 3.46. The largest absolute Gasteiger partial charge is 0.324 e. The van der Waals surface area contributed by atoms with Gasteiger partial charge in [0, 0.05) is 23.8 Å². The van der Waals surface area contributed by atoms with Gasteiger partial charge in [-0.1, -0.05) is 20.3 Å². The lowest BCUT2D eigenvalue weighted by atomic mass is 9.89. The van der Waals surface area contributed by atoms with Crippen LogP contribution in [0.2, 0.25) is 0 Å². The third kappa shape index (κ3) is 2.30. The number of fused-ring (bicyclic) bond motifs is 2. The van der Waals surface area contributed by atoms with Gasteiger partial charge in [-0.25, -0.2) is 0 Å². The van der Waals surface area contributed by atoms with Gasteiger partial charge in [-0.3, -0.25) is 4.68 Å². The zero-order valence-corrected chi connectivity index (χ0v) is 13.2. The maximum absolute atomic E-state index is 6.20. The van der Waals surface area contributed by atoms with Crippen LogP contribution in [0.4, 0.5) is 0 Å². The normalized spacial score (nSPS) is 30.1. The number of rotatable bonds is 5. The Bertz CT molecular complexity index is 475. The van der Waals surface area contributed by atoms with Gasteiger partial charge >= 0.3 is 0 Å². The first-order valence-electron chi connectivity index (χ1n) is 8.48. The Morgan fingerprint density at radius 2 is 2.05 bits per heavy atom. The van der Waals surface area contributed by atoms with E-state index in [0.29, 0.717) is 0 Å². The average Bonchev–Trinajstić information content (AvgIpc) is 3.11. The highest BCUT2D eigenvalue weighted by atomic mass is 15.3. The molecule has 2 N–H and O–H groups in total. The minimum atomic E-state index is 0.105. The quantitative estimate of drug-likeness (QED) is 0.894. The summed E-state index contributed by atoms with van der Waals surface area (Å²) in [6.07, 6.45) is 7.89. The number of hydrogen-bond donors (Lipinski definition) is 1. The van der Waals surface area contributed by atoms with Crippen LogP contribution in [0.1, 0.15) is 69.4 Å². The Morgan fingerprint density at radius 3 is 2.55 bits per heavy atom. The van der Waals surface area contributed by atoms with Crippen molar-refractivity contribution in [2.45, 2.75) is 71.9 Å². The Balaban J connectivity index is 1.85. The number of aryl methyl sites for hydroxylation is 1. The van der Waals surface area contributed by atoms with Gasteiger partial charge in [0.15, 0.2) is 0 Å². The van der Waals surface area contributed by atoms with Crippen molar-refractivity contribution in [2.75, 3.05) is 0 Å². The average molecular weight is 275 g/mol. The second-order valence-electron chi connectivity index (χ2n) is 6.92. The molecule has 2 bridgehead atoms. The first-order chi connectivity index (χ1) is 9.63. The zero-order valence-electron chi connectivity index (χ0n) is 13.2. The van der Waals surface area contributed by atoms with Crippen LogP contribution in [0.25, 0.3) is 0 Å². The van der Waals surface area contributed by atoms with Gasteiger partial charge in [0.05, 0.1) is 5.69 Å². The zero-order chi connectivity index (χ0) is 14.3. The minimum absolute atomic E-state index is 0.105. The first-order valence-corrected chi connectivity index (χ1v) is 8.48. The van der Waals surface area contributed by atoms with Crippen LogP contribution in [0.3, 0.4) is 0 Å². The smallest absolute Gasteiger partial charge is 0.0672 e. The molecule has 2 fully saturated rings. The maximum Gasteiger partial charge on any atom is 0.0672 e. The molecule has 112 valence electrons. The molecule has 1 heterocycles. The molecule has 0 spiro atoms. The second kappa shape index (κ2) is 5.51. The molecule has 4 unspecified atom stereocenters. The number of nitrogens with zero attached hydrogens (tertiary/aromatic N) is 2. The highest BCUT2D eigenvalue weighted by Gasteiger charge is 2.39. The highest BCUT2D eigenvalue weighted by molar-refractivity contribution is 5.29. The molecule has 3 nitrogen and oxygen atoms in total. The van der Waals surface area contributed by atoms with Crippen molar-refractivity contribution in [3.05, 3.63) is 17.0 Å². The van der Waals surface area contributed by atoms with Crippen molar-refractivity contribution in [3.63, 3.8) is 0 Å². The van der Waals surface area contributed by atoms with Crippen molar-refractivity contribution in [3.8, 4) is 0 Å². The van der Waals surface area contributed by atoms with Crippen molar-refractivity contribution in [1.29, 1.82) is 0 Å².